The van der Waals surface area contributed by atoms with Crippen LogP contribution in [-0.2, 0) is 6.42 Å². The highest BCUT2D eigenvalue weighted by molar-refractivity contribution is 7.12. The van der Waals surface area contributed by atoms with Crippen LogP contribution < -0.4 is 5.32 Å². The summed E-state index contributed by atoms with van der Waals surface area (Å²) in [5.74, 6) is 0.459. The molecular formula is C15H20N2O2S. The lowest BCUT2D eigenvalue weighted by Gasteiger charge is -2.14. The predicted molar refractivity (Wildman–Crippen MR) is 80.3 cm³/mol. The van der Waals surface area contributed by atoms with Crippen LogP contribution in [-0.4, -0.2) is 11.1 Å². The summed E-state index contributed by atoms with van der Waals surface area (Å²) >= 11 is 1.75. The molecule has 4 nitrogen and oxygen atoms in total. The van der Waals surface area contributed by atoms with Gasteiger partial charge in [0.2, 0.25) is 0 Å². The van der Waals surface area contributed by atoms with E-state index in [2.05, 4.69) is 30.4 Å². The van der Waals surface area contributed by atoms with E-state index >= 15 is 0 Å². The molecule has 2 heterocycles. The van der Waals surface area contributed by atoms with Crippen molar-refractivity contribution in [3.05, 3.63) is 38.4 Å². The van der Waals surface area contributed by atoms with Crippen LogP contribution in [0.2, 0.25) is 0 Å². The number of aryl methyl sites for hydroxylation is 4. The van der Waals surface area contributed by atoms with Gasteiger partial charge in [-0.1, -0.05) is 12.1 Å². The van der Waals surface area contributed by atoms with Crippen LogP contribution in [0.5, 0.6) is 0 Å². The van der Waals surface area contributed by atoms with Crippen molar-refractivity contribution in [3.63, 3.8) is 0 Å². The van der Waals surface area contributed by atoms with Gasteiger partial charge in [-0.25, -0.2) is 0 Å². The summed E-state index contributed by atoms with van der Waals surface area (Å²) < 4.78 is 5.11. The van der Waals surface area contributed by atoms with Crippen molar-refractivity contribution >= 4 is 17.2 Å². The van der Waals surface area contributed by atoms with Gasteiger partial charge in [-0.05, 0) is 45.7 Å². The van der Waals surface area contributed by atoms with Crippen LogP contribution >= 0.6 is 11.3 Å². The number of carbonyl (C=O) groups is 1. The molecule has 1 atom stereocenters. The van der Waals surface area contributed by atoms with Crippen LogP contribution in [0.3, 0.4) is 0 Å². The number of thiophene rings is 1. The molecule has 0 saturated heterocycles. The highest BCUT2D eigenvalue weighted by Crippen LogP contribution is 2.26. The lowest BCUT2D eigenvalue weighted by molar-refractivity contribution is 0.0937. The third-order valence-corrected chi connectivity index (χ3v) is 4.37. The molecule has 20 heavy (non-hydrogen) atoms. The van der Waals surface area contributed by atoms with E-state index in [1.165, 1.54) is 15.3 Å². The normalized spacial score (nSPS) is 12.4. The molecule has 0 aliphatic carbocycles. The van der Waals surface area contributed by atoms with E-state index in [1.807, 2.05) is 13.8 Å². The maximum Gasteiger partial charge on any atom is 0.257 e. The Labute approximate surface area is 123 Å². The number of hydrogen-bond donors (Lipinski definition) is 1. The molecule has 0 radical (unpaired) electrons. The molecule has 0 aliphatic heterocycles. The van der Waals surface area contributed by atoms with Crippen LogP contribution in [0.4, 0.5) is 0 Å². The van der Waals surface area contributed by atoms with Gasteiger partial charge >= 0.3 is 0 Å². The van der Waals surface area contributed by atoms with E-state index in [0.29, 0.717) is 23.4 Å². The van der Waals surface area contributed by atoms with Gasteiger partial charge in [0.15, 0.2) is 0 Å². The standard InChI is InChI=1S/C15H20N2O2S/c1-6-13-14(10(4)19-17-13)15(18)16-9(3)12-7-8(2)20-11(12)5/h7,9H,6H2,1-5H3,(H,16,18). The van der Waals surface area contributed by atoms with E-state index in [-0.39, 0.29) is 11.9 Å². The largest absolute Gasteiger partial charge is 0.361 e. The number of hydrogen-bond acceptors (Lipinski definition) is 4. The van der Waals surface area contributed by atoms with Gasteiger partial charge in [-0.3, -0.25) is 4.79 Å². The lowest BCUT2D eigenvalue weighted by atomic mass is 10.1. The zero-order chi connectivity index (χ0) is 14.9. The smallest absolute Gasteiger partial charge is 0.257 e. The van der Waals surface area contributed by atoms with Gasteiger partial charge in [-0.2, -0.15) is 0 Å². The summed E-state index contributed by atoms with van der Waals surface area (Å²) in [6, 6.07) is 2.11. The molecule has 0 bridgehead atoms. The van der Waals surface area contributed by atoms with Crippen molar-refractivity contribution in [2.75, 3.05) is 0 Å². The van der Waals surface area contributed by atoms with Gasteiger partial charge in [0.05, 0.1) is 11.7 Å². The number of carbonyl (C=O) groups excluding carboxylic acids is 1. The monoisotopic (exact) mass is 292 g/mol. The maximum atomic E-state index is 12.4. The third-order valence-electron chi connectivity index (χ3n) is 3.39. The first-order chi connectivity index (χ1) is 9.43. The van der Waals surface area contributed by atoms with Crippen LogP contribution in [0, 0.1) is 20.8 Å². The molecule has 0 aliphatic rings. The Kier molecular flexibility index (Phi) is 4.28. The second-order valence-corrected chi connectivity index (χ2v) is 6.44. The molecule has 1 unspecified atom stereocenters. The zero-order valence-corrected chi connectivity index (χ0v) is 13.4. The van der Waals surface area contributed by atoms with E-state index in [9.17, 15) is 4.79 Å². The summed E-state index contributed by atoms with van der Waals surface area (Å²) in [7, 11) is 0. The van der Waals surface area contributed by atoms with Crippen molar-refractivity contribution in [3.8, 4) is 0 Å². The van der Waals surface area contributed by atoms with Crippen molar-refractivity contribution in [2.45, 2.75) is 47.1 Å². The second kappa shape index (κ2) is 5.79. The first-order valence-electron chi connectivity index (χ1n) is 6.77. The average molecular weight is 292 g/mol. The Morgan fingerprint density at radius 3 is 2.70 bits per heavy atom. The number of rotatable bonds is 4. The minimum absolute atomic E-state index is 0.0218. The Balaban J connectivity index is 2.19. The van der Waals surface area contributed by atoms with E-state index in [4.69, 9.17) is 4.52 Å². The number of aromatic nitrogens is 1. The Morgan fingerprint density at radius 1 is 1.45 bits per heavy atom. The van der Waals surface area contributed by atoms with Crippen molar-refractivity contribution < 1.29 is 9.32 Å². The molecule has 5 heteroatoms. The summed E-state index contributed by atoms with van der Waals surface area (Å²) in [5, 5.41) is 6.96. The van der Waals surface area contributed by atoms with E-state index in [1.54, 1.807) is 18.3 Å². The highest BCUT2D eigenvalue weighted by Gasteiger charge is 2.21. The molecule has 2 aromatic rings. The topological polar surface area (TPSA) is 55.1 Å². The predicted octanol–water partition coefficient (Wildman–Crippen LogP) is 3.71. The maximum absolute atomic E-state index is 12.4. The summed E-state index contributed by atoms with van der Waals surface area (Å²) in [6.45, 7) is 9.89. The van der Waals surface area contributed by atoms with Crippen LogP contribution in [0.15, 0.2) is 10.6 Å². The van der Waals surface area contributed by atoms with Gasteiger partial charge in [0.1, 0.15) is 11.3 Å². The zero-order valence-electron chi connectivity index (χ0n) is 12.5. The molecule has 1 amide bonds. The van der Waals surface area contributed by atoms with Crippen molar-refractivity contribution in [1.82, 2.24) is 10.5 Å². The first-order valence-corrected chi connectivity index (χ1v) is 7.58. The van der Waals surface area contributed by atoms with Gasteiger partial charge < -0.3 is 9.84 Å². The minimum atomic E-state index is -0.114. The fraction of sp³-hybridized carbons (Fsp3) is 0.467. The molecule has 0 aromatic carbocycles. The van der Waals surface area contributed by atoms with Crippen molar-refractivity contribution in [2.24, 2.45) is 0 Å². The number of nitrogens with zero attached hydrogens (tertiary/aromatic N) is 1. The lowest BCUT2D eigenvalue weighted by Crippen LogP contribution is -2.27. The van der Waals surface area contributed by atoms with Crippen LogP contribution in [0.1, 0.15) is 57.0 Å². The highest BCUT2D eigenvalue weighted by atomic mass is 32.1. The quantitative estimate of drug-likeness (QED) is 0.934. The summed E-state index contributed by atoms with van der Waals surface area (Å²) in [5.41, 5.74) is 2.46. The molecule has 2 aromatic heterocycles. The minimum Gasteiger partial charge on any atom is -0.361 e. The molecule has 2 rings (SSSR count). The fourth-order valence-corrected chi connectivity index (χ4v) is 3.40. The summed E-state index contributed by atoms with van der Waals surface area (Å²) in [6.07, 6.45) is 0.686. The number of amides is 1. The SMILES string of the molecule is CCc1noc(C)c1C(=O)NC(C)c1cc(C)sc1C. The third kappa shape index (κ3) is 2.77. The summed E-state index contributed by atoms with van der Waals surface area (Å²) in [4.78, 5) is 14.9. The molecule has 1 N–H and O–H groups in total. The van der Waals surface area contributed by atoms with Gasteiger partial charge in [-0.15, -0.1) is 11.3 Å². The average Bonchev–Trinajstić information content (AvgIpc) is 2.91. The number of nitrogens with one attached hydrogen (secondary N) is 1. The van der Waals surface area contributed by atoms with E-state index < -0.39 is 0 Å². The molecule has 0 spiro atoms. The van der Waals surface area contributed by atoms with Crippen LogP contribution in [0.25, 0.3) is 0 Å². The fourth-order valence-electron chi connectivity index (χ4n) is 2.38. The van der Waals surface area contributed by atoms with Gasteiger partial charge in [0, 0.05) is 9.75 Å². The second-order valence-electron chi connectivity index (χ2n) is 4.98. The molecule has 108 valence electrons. The molecular weight excluding hydrogens is 272 g/mol. The molecule has 0 saturated carbocycles. The Bertz CT molecular complexity index is 628. The Morgan fingerprint density at radius 2 is 2.15 bits per heavy atom. The molecule has 0 fully saturated rings. The first kappa shape index (κ1) is 14.8. The van der Waals surface area contributed by atoms with Gasteiger partial charge in [0.25, 0.3) is 5.91 Å². The van der Waals surface area contributed by atoms with Crippen molar-refractivity contribution in [1.29, 1.82) is 0 Å². The Hall–Kier alpha value is -1.62. The van der Waals surface area contributed by atoms with E-state index in [0.717, 1.165) is 0 Å².